The van der Waals surface area contributed by atoms with Gasteiger partial charge in [-0.15, -0.1) is 0 Å². The molecule has 14 heavy (non-hydrogen) atoms. The topological polar surface area (TPSA) is 80.4 Å². The van der Waals surface area contributed by atoms with Crippen molar-refractivity contribution in [3.8, 4) is 0 Å². The Balaban J connectivity index is 2.78. The van der Waals surface area contributed by atoms with E-state index in [0.717, 1.165) is 6.08 Å². The quantitative estimate of drug-likeness (QED) is 0.470. The molecule has 1 aliphatic carbocycles. The number of aliphatic hydroxyl groups is 1. The molecule has 0 bridgehead atoms. The first-order chi connectivity index (χ1) is 6.61. The van der Waals surface area contributed by atoms with Crippen LogP contribution in [0.25, 0.3) is 5.76 Å². The molecule has 3 N–H and O–H groups in total. The molecule has 4 nitrogen and oxygen atoms in total. The molecule has 0 aromatic heterocycles. The summed E-state index contributed by atoms with van der Waals surface area (Å²) in [7, 11) is 0. The Hall–Kier alpha value is -2.10. The SMILES string of the molecule is Nc1cccc2c1C(=O)C(=O)C=C2O. The smallest absolute Gasteiger partial charge is 0.235 e. The number of carbonyl (C=O) groups excluding carboxylic acids is 2. The lowest BCUT2D eigenvalue weighted by Gasteiger charge is -2.13. The van der Waals surface area contributed by atoms with E-state index < -0.39 is 11.6 Å². The van der Waals surface area contributed by atoms with Crippen LogP contribution in [0.5, 0.6) is 0 Å². The molecule has 0 fully saturated rings. The summed E-state index contributed by atoms with van der Waals surface area (Å²) in [6.45, 7) is 0. The summed E-state index contributed by atoms with van der Waals surface area (Å²) in [5.41, 5.74) is 6.16. The van der Waals surface area contributed by atoms with Gasteiger partial charge in [-0.2, -0.15) is 0 Å². The van der Waals surface area contributed by atoms with Crippen molar-refractivity contribution >= 4 is 23.0 Å². The molecular formula is C10H7NO3. The number of Topliss-reactive ketones (excluding diaryl/α,β-unsaturated/α-hetero) is 1. The van der Waals surface area contributed by atoms with E-state index in [-0.39, 0.29) is 17.0 Å². The van der Waals surface area contributed by atoms with Gasteiger partial charge in [-0.05, 0) is 6.07 Å². The number of aliphatic hydroxyl groups excluding tert-OH is 1. The Morgan fingerprint density at radius 2 is 1.93 bits per heavy atom. The van der Waals surface area contributed by atoms with Crippen molar-refractivity contribution in [3.05, 3.63) is 35.4 Å². The van der Waals surface area contributed by atoms with Crippen molar-refractivity contribution in [1.82, 2.24) is 0 Å². The lowest BCUT2D eigenvalue weighted by molar-refractivity contribution is -0.111. The van der Waals surface area contributed by atoms with Crippen LogP contribution in [0.1, 0.15) is 15.9 Å². The Bertz CT molecular complexity index is 474. The van der Waals surface area contributed by atoms with Crippen LogP contribution >= 0.6 is 0 Å². The van der Waals surface area contributed by atoms with Gasteiger partial charge < -0.3 is 10.8 Å². The summed E-state index contributed by atoms with van der Waals surface area (Å²) < 4.78 is 0. The Morgan fingerprint density at radius 1 is 1.21 bits per heavy atom. The van der Waals surface area contributed by atoms with Gasteiger partial charge in [-0.3, -0.25) is 9.59 Å². The summed E-state index contributed by atoms with van der Waals surface area (Å²) in [5.74, 6) is -1.62. The molecule has 0 unspecified atom stereocenters. The van der Waals surface area contributed by atoms with Gasteiger partial charge in [0.25, 0.3) is 0 Å². The highest BCUT2D eigenvalue weighted by Gasteiger charge is 2.27. The van der Waals surface area contributed by atoms with E-state index in [9.17, 15) is 14.7 Å². The predicted molar refractivity (Wildman–Crippen MR) is 50.8 cm³/mol. The third-order valence-electron chi connectivity index (χ3n) is 2.09. The maximum absolute atomic E-state index is 11.4. The molecule has 0 heterocycles. The largest absolute Gasteiger partial charge is 0.507 e. The summed E-state index contributed by atoms with van der Waals surface area (Å²) in [5, 5.41) is 9.41. The van der Waals surface area contributed by atoms with Crippen molar-refractivity contribution in [2.75, 3.05) is 5.73 Å². The molecule has 4 heteroatoms. The molecular weight excluding hydrogens is 182 g/mol. The zero-order valence-corrected chi connectivity index (χ0v) is 7.15. The number of rotatable bonds is 0. The highest BCUT2D eigenvalue weighted by Crippen LogP contribution is 2.27. The van der Waals surface area contributed by atoms with E-state index in [1.54, 1.807) is 12.1 Å². The molecule has 0 atom stereocenters. The molecule has 1 aromatic carbocycles. The van der Waals surface area contributed by atoms with E-state index in [1.165, 1.54) is 6.07 Å². The number of ketones is 2. The minimum atomic E-state index is -0.743. The highest BCUT2D eigenvalue weighted by atomic mass is 16.3. The summed E-state index contributed by atoms with van der Waals surface area (Å²) in [6, 6.07) is 4.67. The summed E-state index contributed by atoms with van der Waals surface area (Å²) >= 11 is 0. The van der Waals surface area contributed by atoms with E-state index in [4.69, 9.17) is 5.73 Å². The Morgan fingerprint density at radius 3 is 2.64 bits per heavy atom. The van der Waals surface area contributed by atoms with Crippen LogP contribution in [0, 0.1) is 0 Å². The zero-order valence-electron chi connectivity index (χ0n) is 7.15. The lowest BCUT2D eigenvalue weighted by atomic mass is 9.92. The van der Waals surface area contributed by atoms with Gasteiger partial charge in [-0.1, -0.05) is 12.1 Å². The minimum Gasteiger partial charge on any atom is -0.507 e. The average molecular weight is 189 g/mol. The molecule has 70 valence electrons. The fraction of sp³-hybridized carbons (Fsp3) is 0. The van der Waals surface area contributed by atoms with Gasteiger partial charge in [0.15, 0.2) is 0 Å². The van der Waals surface area contributed by atoms with E-state index in [1.807, 2.05) is 0 Å². The number of allylic oxidation sites excluding steroid dienone is 1. The van der Waals surface area contributed by atoms with E-state index in [2.05, 4.69) is 0 Å². The first-order valence-electron chi connectivity index (χ1n) is 3.99. The van der Waals surface area contributed by atoms with Crippen LogP contribution in [0.4, 0.5) is 5.69 Å². The van der Waals surface area contributed by atoms with Crippen LogP contribution in [0.2, 0.25) is 0 Å². The second-order valence-corrected chi connectivity index (χ2v) is 2.99. The number of anilines is 1. The van der Waals surface area contributed by atoms with Gasteiger partial charge >= 0.3 is 0 Å². The van der Waals surface area contributed by atoms with Crippen LogP contribution in [0.3, 0.4) is 0 Å². The third kappa shape index (κ3) is 1.01. The number of carbonyl (C=O) groups is 2. The standard InChI is InChI=1S/C10H7NO3/c11-6-3-1-2-5-7(12)4-8(13)10(14)9(5)6/h1-4,12H,11H2. The monoisotopic (exact) mass is 189 g/mol. The molecule has 0 saturated carbocycles. The lowest BCUT2D eigenvalue weighted by Crippen LogP contribution is -2.20. The van der Waals surface area contributed by atoms with Gasteiger partial charge in [0.05, 0.1) is 5.56 Å². The second-order valence-electron chi connectivity index (χ2n) is 2.99. The van der Waals surface area contributed by atoms with Crippen molar-refractivity contribution in [2.24, 2.45) is 0 Å². The van der Waals surface area contributed by atoms with Crippen LogP contribution in [-0.4, -0.2) is 16.7 Å². The maximum atomic E-state index is 11.4. The predicted octanol–water partition coefficient (Wildman–Crippen LogP) is 0.933. The summed E-state index contributed by atoms with van der Waals surface area (Å²) in [6.07, 6.45) is 0.907. The van der Waals surface area contributed by atoms with Gasteiger partial charge in [0, 0.05) is 17.3 Å². The van der Waals surface area contributed by atoms with Crippen molar-refractivity contribution in [3.63, 3.8) is 0 Å². The summed E-state index contributed by atoms with van der Waals surface area (Å²) in [4.78, 5) is 22.5. The Labute approximate surface area is 79.7 Å². The molecule has 0 amide bonds. The molecule has 1 aliphatic rings. The molecule has 0 aliphatic heterocycles. The molecule has 2 rings (SSSR count). The van der Waals surface area contributed by atoms with Crippen molar-refractivity contribution in [2.45, 2.75) is 0 Å². The first-order valence-corrected chi connectivity index (χ1v) is 3.99. The number of nitrogen functional groups attached to an aromatic ring is 1. The third-order valence-corrected chi connectivity index (χ3v) is 2.09. The minimum absolute atomic E-state index is 0.0949. The normalized spacial score (nSPS) is 15.0. The van der Waals surface area contributed by atoms with Crippen molar-refractivity contribution in [1.29, 1.82) is 0 Å². The average Bonchev–Trinajstić information content (AvgIpc) is 2.14. The van der Waals surface area contributed by atoms with Crippen LogP contribution in [0.15, 0.2) is 24.3 Å². The maximum Gasteiger partial charge on any atom is 0.235 e. The van der Waals surface area contributed by atoms with Crippen LogP contribution in [-0.2, 0) is 4.79 Å². The van der Waals surface area contributed by atoms with Crippen LogP contribution < -0.4 is 5.73 Å². The highest BCUT2D eigenvalue weighted by molar-refractivity contribution is 6.51. The number of fused-ring (bicyclic) bond motifs is 1. The number of hydrogen-bond acceptors (Lipinski definition) is 4. The van der Waals surface area contributed by atoms with Gasteiger partial charge in [-0.25, -0.2) is 0 Å². The number of benzene rings is 1. The van der Waals surface area contributed by atoms with Gasteiger partial charge in [0.1, 0.15) is 5.76 Å². The number of nitrogens with two attached hydrogens (primary N) is 1. The molecule has 1 aromatic rings. The van der Waals surface area contributed by atoms with Crippen molar-refractivity contribution < 1.29 is 14.7 Å². The number of hydrogen-bond donors (Lipinski definition) is 2. The van der Waals surface area contributed by atoms with E-state index in [0.29, 0.717) is 5.56 Å². The molecule has 0 spiro atoms. The molecule has 0 radical (unpaired) electrons. The molecule has 0 saturated heterocycles. The fourth-order valence-electron chi connectivity index (χ4n) is 1.43. The van der Waals surface area contributed by atoms with E-state index >= 15 is 0 Å². The Kier molecular flexibility index (Phi) is 1.64. The fourth-order valence-corrected chi connectivity index (χ4v) is 1.43. The first kappa shape index (κ1) is 8.50. The van der Waals surface area contributed by atoms with Gasteiger partial charge in [0.2, 0.25) is 11.6 Å². The zero-order chi connectivity index (χ0) is 10.3. The second kappa shape index (κ2) is 2.70.